The summed E-state index contributed by atoms with van der Waals surface area (Å²) in [5, 5.41) is 3.82. The fraction of sp³-hybridized carbons (Fsp3) is 0.267. The normalized spacial score (nSPS) is 10.3. The highest BCUT2D eigenvalue weighted by Crippen LogP contribution is 2.30. The van der Waals surface area contributed by atoms with Gasteiger partial charge in [-0.1, -0.05) is 24.6 Å². The molecule has 0 saturated carbocycles. The zero-order chi connectivity index (χ0) is 13.7. The van der Waals surface area contributed by atoms with Crippen LogP contribution in [-0.4, -0.2) is 11.5 Å². The van der Waals surface area contributed by atoms with Crippen molar-refractivity contribution < 1.29 is 4.74 Å². The second-order valence-corrected chi connectivity index (χ2v) is 4.75. The molecule has 0 aliphatic carbocycles. The second kappa shape index (κ2) is 6.43. The van der Waals surface area contributed by atoms with Crippen LogP contribution in [0.5, 0.6) is 11.5 Å². The molecule has 0 fully saturated rings. The summed E-state index contributed by atoms with van der Waals surface area (Å²) < 4.78 is 5.80. The van der Waals surface area contributed by atoms with Gasteiger partial charge in [0.15, 0.2) is 0 Å². The Hall–Kier alpha value is -1.74. The Morgan fingerprint density at radius 2 is 2.11 bits per heavy atom. The zero-order valence-electron chi connectivity index (χ0n) is 11.1. The lowest BCUT2D eigenvalue weighted by Crippen LogP contribution is -2.01. The van der Waals surface area contributed by atoms with Gasteiger partial charge in [-0.25, -0.2) is 4.98 Å². The number of nitrogens with one attached hydrogen (secondary N) is 1. The monoisotopic (exact) mass is 276 g/mol. The van der Waals surface area contributed by atoms with Crippen molar-refractivity contribution in [3.8, 4) is 11.5 Å². The number of nitrogens with zero attached hydrogens (tertiary/aromatic N) is 1. The number of hydrogen-bond acceptors (Lipinski definition) is 3. The SMILES string of the molecule is CCCNc1cc(Oc2cc(C)ccc2Cl)ccn1. The molecule has 0 aliphatic rings. The van der Waals surface area contributed by atoms with E-state index in [-0.39, 0.29) is 0 Å². The number of ether oxygens (including phenoxy) is 1. The topological polar surface area (TPSA) is 34.1 Å². The average Bonchev–Trinajstić information content (AvgIpc) is 2.41. The highest BCUT2D eigenvalue weighted by molar-refractivity contribution is 6.32. The smallest absolute Gasteiger partial charge is 0.146 e. The third-order valence-corrected chi connectivity index (χ3v) is 2.91. The molecule has 1 aromatic carbocycles. The van der Waals surface area contributed by atoms with Gasteiger partial charge in [-0.05, 0) is 37.1 Å². The molecular formula is C15H17ClN2O. The minimum absolute atomic E-state index is 0.602. The van der Waals surface area contributed by atoms with E-state index in [2.05, 4.69) is 17.2 Å². The molecule has 0 atom stereocenters. The van der Waals surface area contributed by atoms with E-state index in [0.29, 0.717) is 10.8 Å². The molecule has 0 aliphatic heterocycles. The Morgan fingerprint density at radius 3 is 2.89 bits per heavy atom. The molecule has 0 amide bonds. The number of pyridine rings is 1. The van der Waals surface area contributed by atoms with Crippen LogP contribution >= 0.6 is 11.6 Å². The van der Waals surface area contributed by atoms with Crippen LogP contribution in [0, 0.1) is 6.92 Å². The second-order valence-electron chi connectivity index (χ2n) is 4.34. The first-order chi connectivity index (χ1) is 9.19. The first-order valence-corrected chi connectivity index (χ1v) is 6.71. The Kier molecular flexibility index (Phi) is 4.63. The lowest BCUT2D eigenvalue weighted by molar-refractivity contribution is 0.482. The van der Waals surface area contributed by atoms with Gasteiger partial charge in [0.2, 0.25) is 0 Å². The number of halogens is 1. The van der Waals surface area contributed by atoms with E-state index in [1.807, 2.05) is 37.3 Å². The van der Waals surface area contributed by atoms with Crippen molar-refractivity contribution in [2.45, 2.75) is 20.3 Å². The van der Waals surface area contributed by atoms with Gasteiger partial charge in [0.05, 0.1) is 5.02 Å². The molecular weight excluding hydrogens is 260 g/mol. The van der Waals surface area contributed by atoms with Crippen LogP contribution in [0.15, 0.2) is 36.5 Å². The number of hydrogen-bond donors (Lipinski definition) is 1. The molecule has 4 heteroatoms. The highest BCUT2D eigenvalue weighted by Gasteiger charge is 2.04. The van der Waals surface area contributed by atoms with Crippen LogP contribution in [0.25, 0.3) is 0 Å². The highest BCUT2D eigenvalue weighted by atomic mass is 35.5. The summed E-state index contributed by atoms with van der Waals surface area (Å²) >= 11 is 6.11. The van der Waals surface area contributed by atoms with Crippen molar-refractivity contribution in [3.05, 3.63) is 47.1 Å². The van der Waals surface area contributed by atoms with E-state index in [1.165, 1.54) is 0 Å². The summed E-state index contributed by atoms with van der Waals surface area (Å²) in [6.45, 7) is 5.01. The van der Waals surface area contributed by atoms with E-state index in [1.54, 1.807) is 6.20 Å². The molecule has 19 heavy (non-hydrogen) atoms. The average molecular weight is 277 g/mol. The predicted molar refractivity (Wildman–Crippen MR) is 79.3 cm³/mol. The molecule has 0 saturated heterocycles. The van der Waals surface area contributed by atoms with Crippen LogP contribution in [0.4, 0.5) is 5.82 Å². The Morgan fingerprint density at radius 1 is 1.26 bits per heavy atom. The van der Waals surface area contributed by atoms with Crippen molar-refractivity contribution in [1.82, 2.24) is 4.98 Å². The summed E-state index contributed by atoms with van der Waals surface area (Å²) in [6.07, 6.45) is 2.77. The standard InChI is InChI=1S/C15H17ClN2O/c1-3-7-17-15-10-12(6-8-18-15)19-14-9-11(2)4-5-13(14)16/h4-6,8-10H,3,7H2,1-2H3,(H,17,18). The number of rotatable bonds is 5. The number of aryl methyl sites for hydroxylation is 1. The van der Waals surface area contributed by atoms with Gasteiger partial charge in [-0.3, -0.25) is 0 Å². The van der Waals surface area contributed by atoms with E-state index in [9.17, 15) is 0 Å². The molecule has 2 rings (SSSR count). The van der Waals surface area contributed by atoms with Crippen LogP contribution < -0.4 is 10.1 Å². The molecule has 1 N–H and O–H groups in total. The summed E-state index contributed by atoms with van der Waals surface area (Å²) in [5.74, 6) is 2.19. The lowest BCUT2D eigenvalue weighted by Gasteiger charge is -2.10. The van der Waals surface area contributed by atoms with E-state index in [4.69, 9.17) is 16.3 Å². The summed E-state index contributed by atoms with van der Waals surface area (Å²) in [7, 11) is 0. The Bertz CT molecular complexity index is 558. The third-order valence-electron chi connectivity index (χ3n) is 2.60. The number of anilines is 1. The summed E-state index contributed by atoms with van der Waals surface area (Å²) in [4.78, 5) is 4.23. The Labute approximate surface area is 118 Å². The van der Waals surface area contributed by atoms with E-state index in [0.717, 1.165) is 30.1 Å². The van der Waals surface area contributed by atoms with Crippen LogP contribution in [0.2, 0.25) is 5.02 Å². The van der Waals surface area contributed by atoms with Gasteiger partial charge in [-0.15, -0.1) is 0 Å². The molecule has 2 aromatic rings. The summed E-state index contributed by atoms with van der Waals surface area (Å²) in [5.41, 5.74) is 1.11. The van der Waals surface area contributed by atoms with Gasteiger partial charge in [0, 0.05) is 18.8 Å². The van der Waals surface area contributed by atoms with Crippen molar-refractivity contribution in [2.75, 3.05) is 11.9 Å². The van der Waals surface area contributed by atoms with Crippen molar-refractivity contribution in [2.24, 2.45) is 0 Å². The quantitative estimate of drug-likeness (QED) is 0.862. The van der Waals surface area contributed by atoms with Crippen molar-refractivity contribution in [1.29, 1.82) is 0 Å². The first kappa shape index (κ1) is 13.7. The van der Waals surface area contributed by atoms with Gasteiger partial charge in [-0.2, -0.15) is 0 Å². The van der Waals surface area contributed by atoms with Crippen molar-refractivity contribution >= 4 is 17.4 Å². The minimum Gasteiger partial charge on any atom is -0.456 e. The predicted octanol–water partition coefficient (Wildman–Crippen LogP) is 4.66. The van der Waals surface area contributed by atoms with E-state index < -0.39 is 0 Å². The fourth-order valence-corrected chi connectivity index (χ4v) is 1.80. The Balaban J connectivity index is 2.16. The maximum atomic E-state index is 6.11. The maximum absolute atomic E-state index is 6.11. The van der Waals surface area contributed by atoms with Crippen molar-refractivity contribution in [3.63, 3.8) is 0 Å². The molecule has 0 spiro atoms. The molecule has 1 aromatic heterocycles. The maximum Gasteiger partial charge on any atom is 0.146 e. The zero-order valence-corrected chi connectivity index (χ0v) is 11.9. The van der Waals surface area contributed by atoms with Crippen LogP contribution in [0.3, 0.4) is 0 Å². The number of aromatic nitrogens is 1. The summed E-state index contributed by atoms with van der Waals surface area (Å²) in [6, 6.07) is 9.39. The lowest BCUT2D eigenvalue weighted by atomic mass is 10.2. The van der Waals surface area contributed by atoms with Crippen LogP contribution in [-0.2, 0) is 0 Å². The molecule has 0 unspecified atom stereocenters. The molecule has 100 valence electrons. The fourth-order valence-electron chi connectivity index (χ4n) is 1.64. The third kappa shape index (κ3) is 3.86. The largest absolute Gasteiger partial charge is 0.456 e. The minimum atomic E-state index is 0.602. The molecule has 1 heterocycles. The molecule has 0 bridgehead atoms. The number of benzene rings is 1. The van der Waals surface area contributed by atoms with Gasteiger partial charge >= 0.3 is 0 Å². The first-order valence-electron chi connectivity index (χ1n) is 6.33. The van der Waals surface area contributed by atoms with E-state index >= 15 is 0 Å². The van der Waals surface area contributed by atoms with Gasteiger partial charge in [0.25, 0.3) is 0 Å². The molecule has 3 nitrogen and oxygen atoms in total. The van der Waals surface area contributed by atoms with Gasteiger partial charge < -0.3 is 10.1 Å². The van der Waals surface area contributed by atoms with Gasteiger partial charge in [0.1, 0.15) is 17.3 Å². The van der Waals surface area contributed by atoms with Crippen LogP contribution in [0.1, 0.15) is 18.9 Å². The molecule has 0 radical (unpaired) electrons.